The van der Waals surface area contributed by atoms with Gasteiger partial charge in [-0.1, -0.05) is 493 Å². The van der Waals surface area contributed by atoms with Gasteiger partial charge in [0.15, 0.2) is 0 Å². The van der Waals surface area contributed by atoms with Gasteiger partial charge in [0.25, 0.3) is 0 Å². The standard InChI is InChI=1S/C9H12.2C8H10ClN.C8H10S.6C8H10.C7H9ClN2.C6H8ClNS.C6H6.C4H4S.4C4H10.C3H4N2/c1-7-4-5-8(2)9(3)6-7;1-6(2)8-4-3-7(9)5-10-8;1-6(2)7-3-4-8(9)10-5-7;1-7-3-5-8(9-2)6-4-7;5*1-7-3-5-8(2)6-4-7;1-7-4-3-5-8(2)6-7;1-5(2)7-9-3-6(8)4-10-7;1-4(2)6-8-3-5(7)9-6;1-2-4-6-5-3-1;1-2-4-5-3-1;4*1-4(2)3;1-2-4-5-3-1/h4-6H,1-3H3;2*3-6H,1-2H3;3-6H,1-2H3;6*3-6H,1-2H3;3-5H,1-2H3;3-4H,1-2H3;1-6H;1-4H;4*4H,1-3H3;1-3H,(H,4,5). The summed E-state index contributed by atoms with van der Waals surface area (Å²) in [6, 6.07) is 91.4. The summed E-state index contributed by atoms with van der Waals surface area (Å²) in [5.74, 6) is 6.06. The second kappa shape index (κ2) is 85.6. The van der Waals surface area contributed by atoms with E-state index >= 15 is 0 Å². The van der Waals surface area contributed by atoms with Crippen molar-refractivity contribution in [2.75, 3.05) is 6.26 Å². The van der Waals surface area contributed by atoms with Crippen molar-refractivity contribution in [2.45, 2.75) is 278 Å². The van der Waals surface area contributed by atoms with Crippen molar-refractivity contribution >= 4 is 80.8 Å². The third-order valence-corrected chi connectivity index (χ3v) is 20.0. The molecule has 0 bridgehead atoms. The number of H-pyrrole nitrogens is 1. The van der Waals surface area contributed by atoms with Crippen LogP contribution in [0.2, 0.25) is 19.5 Å². The monoisotopic (exact) mass is 1980 g/mol. The van der Waals surface area contributed by atoms with Crippen molar-refractivity contribution in [1.82, 2.24) is 35.1 Å². The number of rotatable bonds is 5. The Morgan fingerprint density at radius 1 is 0.277 bits per heavy atom. The number of thioether (sulfide) groups is 1. The lowest BCUT2D eigenvalue weighted by Crippen LogP contribution is -1.94. The molecule has 0 aliphatic rings. The minimum absolute atomic E-state index is 0.372. The van der Waals surface area contributed by atoms with Crippen molar-refractivity contribution in [3.8, 4) is 0 Å². The van der Waals surface area contributed by atoms with Gasteiger partial charge >= 0.3 is 0 Å². The molecule has 0 radical (unpaired) electrons. The first-order valence-corrected chi connectivity index (χ1v) is 52.0. The first kappa shape index (κ1) is 134. The Morgan fingerprint density at radius 3 is 0.818 bits per heavy atom. The molecule has 0 unspecified atom stereocenters. The summed E-state index contributed by atoms with van der Waals surface area (Å²) in [4.78, 5) is 21.6. The zero-order chi connectivity index (χ0) is 105. The van der Waals surface area contributed by atoms with E-state index in [4.69, 9.17) is 46.4 Å². The van der Waals surface area contributed by atoms with Gasteiger partial charge < -0.3 is 0 Å². The van der Waals surface area contributed by atoms with Gasteiger partial charge in [-0.2, -0.15) is 16.4 Å². The fourth-order valence-electron chi connectivity index (χ4n) is 9.00. The summed E-state index contributed by atoms with van der Waals surface area (Å²) in [6.45, 7) is 76.4. The van der Waals surface area contributed by atoms with Gasteiger partial charge in [0.2, 0.25) is 0 Å². The van der Waals surface area contributed by atoms with Gasteiger partial charge in [-0.25, -0.2) is 19.9 Å². The maximum atomic E-state index is 5.66. The van der Waals surface area contributed by atoms with Gasteiger partial charge in [0.05, 0.1) is 21.2 Å². The molecule has 14 heteroatoms. The molecular formula is C123H173Cl4N7S3. The average Bonchev–Trinajstić information content (AvgIpc) is 1.86. The molecule has 15 aromatic rings. The molecule has 137 heavy (non-hydrogen) atoms. The van der Waals surface area contributed by atoms with E-state index in [9.17, 15) is 0 Å². The molecule has 0 atom stereocenters. The summed E-state index contributed by atoms with van der Waals surface area (Å²) in [5, 5.41) is 13.2. The number of aromatic nitrogens is 7. The number of aryl methyl sites for hydroxylation is 16. The van der Waals surface area contributed by atoms with Crippen LogP contribution >= 0.6 is 80.8 Å². The van der Waals surface area contributed by atoms with Crippen LogP contribution in [0.4, 0.5) is 0 Å². The molecule has 0 amide bonds. The zero-order valence-electron chi connectivity index (χ0n) is 90.6. The van der Waals surface area contributed by atoms with Crippen LogP contribution in [0.15, 0.2) is 326 Å². The van der Waals surface area contributed by atoms with E-state index in [1.807, 2.05) is 110 Å². The molecule has 6 aromatic heterocycles. The topological polar surface area (TPSA) is 93.1 Å². The fourth-order valence-corrected chi connectivity index (χ4v) is 11.1. The van der Waals surface area contributed by atoms with E-state index in [-0.39, 0.29) is 0 Å². The molecule has 0 spiro atoms. The molecule has 9 aromatic carbocycles. The van der Waals surface area contributed by atoms with E-state index in [2.05, 4.69) is 465 Å². The second-order valence-corrected chi connectivity index (χ2v) is 41.5. The van der Waals surface area contributed by atoms with E-state index in [0.717, 1.165) is 44.5 Å². The number of hydrogen-bond acceptors (Lipinski definition) is 9. The first-order chi connectivity index (χ1) is 64.5. The summed E-state index contributed by atoms with van der Waals surface area (Å²) < 4.78 is 0.777. The van der Waals surface area contributed by atoms with E-state index < -0.39 is 0 Å². The lowest BCUT2D eigenvalue weighted by molar-refractivity contribution is 0.736. The molecule has 7 nitrogen and oxygen atoms in total. The van der Waals surface area contributed by atoms with Crippen LogP contribution < -0.4 is 0 Å². The smallest absolute Gasteiger partial charge is 0.130 e. The van der Waals surface area contributed by atoms with Crippen molar-refractivity contribution in [1.29, 1.82) is 0 Å². The Kier molecular flexibility index (Phi) is 83.5. The number of pyridine rings is 2. The molecule has 0 aliphatic carbocycles. The fraction of sp³-hybridized carbons (Fsp3) is 0.366. The Hall–Kier alpha value is -9.59. The predicted molar refractivity (Wildman–Crippen MR) is 620 cm³/mol. The SMILES string of the molecule is CC(C)C.CC(C)C.CC(C)C.CC(C)C.CC(C)c1ccc(Cl)cn1.CC(C)c1ccc(Cl)nc1.CC(C)c1ncc(Cl)cn1.CC(C)c1ncc(Cl)s1.CSc1ccc(C)cc1.Cc1ccc(C)c(C)c1.Cc1ccc(C)cc1.Cc1ccc(C)cc1.Cc1ccc(C)cc1.Cc1ccc(C)cc1.Cc1ccc(C)cc1.Cc1cccc(C)c1.c1ccccc1.c1ccsc1.c1cn[nH]c1. The summed E-state index contributed by atoms with van der Waals surface area (Å²) in [6.07, 6.45) is 14.0. The number of nitrogens with one attached hydrogen (secondary N) is 1. The second-order valence-electron chi connectivity index (χ2n) is 36.9. The number of aromatic amines is 1. The molecule has 6 heterocycles. The van der Waals surface area contributed by atoms with E-state index in [1.165, 1.54) is 99.5 Å². The molecule has 1 N–H and O–H groups in total. The number of halogens is 4. The van der Waals surface area contributed by atoms with Crippen LogP contribution in [0.3, 0.4) is 0 Å². The Labute approximate surface area is 868 Å². The van der Waals surface area contributed by atoms with Crippen LogP contribution in [-0.2, 0) is 0 Å². The number of benzene rings is 9. The van der Waals surface area contributed by atoms with Gasteiger partial charge in [0, 0.05) is 59.6 Å². The Bertz CT molecular complexity index is 4520. The Morgan fingerprint density at radius 2 is 0.613 bits per heavy atom. The molecule has 15 rings (SSSR count). The molecule has 0 aliphatic heterocycles. The summed E-state index contributed by atoms with van der Waals surface area (Å²) >= 11 is 27.6. The molecule has 0 saturated carbocycles. The highest BCUT2D eigenvalue weighted by molar-refractivity contribution is 7.98. The number of thiophene rings is 1. The molecule has 746 valence electrons. The average molecular weight is 1990 g/mol. The maximum Gasteiger partial charge on any atom is 0.130 e. The third-order valence-electron chi connectivity index (χ3n) is 16.6. The number of thiazole rings is 1. The van der Waals surface area contributed by atoms with Crippen molar-refractivity contribution in [2.24, 2.45) is 23.7 Å². The largest absolute Gasteiger partial charge is 0.286 e. The van der Waals surface area contributed by atoms with Gasteiger partial charge in [-0.3, -0.25) is 10.1 Å². The Balaban J connectivity index is -0.000000686. The quantitative estimate of drug-likeness (QED) is 0.136. The third kappa shape index (κ3) is 91.3. The molecular weight excluding hydrogens is 1810 g/mol. The maximum absolute atomic E-state index is 5.66. The van der Waals surface area contributed by atoms with Crippen LogP contribution in [0.25, 0.3) is 0 Å². The van der Waals surface area contributed by atoms with Crippen LogP contribution in [0, 0.1) is 134 Å². The van der Waals surface area contributed by atoms with Crippen molar-refractivity contribution in [3.63, 3.8) is 0 Å². The minimum atomic E-state index is 0.372. The van der Waals surface area contributed by atoms with Crippen LogP contribution in [-0.4, -0.2) is 41.4 Å². The number of hydrogen-bond donors (Lipinski definition) is 1. The predicted octanol–water partition coefficient (Wildman–Crippen LogP) is 40.5. The van der Waals surface area contributed by atoms with Crippen molar-refractivity contribution in [3.05, 3.63) is 452 Å². The van der Waals surface area contributed by atoms with Crippen molar-refractivity contribution < 1.29 is 0 Å². The molecule has 0 fully saturated rings. The van der Waals surface area contributed by atoms with Gasteiger partial charge in [0.1, 0.15) is 15.3 Å². The zero-order valence-corrected chi connectivity index (χ0v) is 96.1. The summed E-state index contributed by atoms with van der Waals surface area (Å²) in [5.41, 5.74) is 23.7. The lowest BCUT2D eigenvalue weighted by Gasteiger charge is -2.02. The first-order valence-electron chi connectivity index (χ1n) is 47.5. The highest BCUT2D eigenvalue weighted by Gasteiger charge is 2.04. The van der Waals surface area contributed by atoms with E-state index in [1.54, 1.807) is 71.6 Å². The normalized spacial score (nSPS) is 9.47. The van der Waals surface area contributed by atoms with Crippen LogP contribution in [0.1, 0.15) is 273 Å². The molecule has 0 saturated heterocycles. The van der Waals surface area contributed by atoms with Gasteiger partial charge in [-0.05, 0) is 216 Å². The highest BCUT2D eigenvalue weighted by atomic mass is 35.5. The number of nitrogens with zero attached hydrogens (tertiary/aromatic N) is 6. The minimum Gasteiger partial charge on any atom is -0.286 e. The highest BCUT2D eigenvalue weighted by Crippen LogP contribution is 2.25. The lowest BCUT2D eigenvalue weighted by atomic mass is 10.1. The van der Waals surface area contributed by atoms with E-state index in [0.29, 0.717) is 38.9 Å². The summed E-state index contributed by atoms with van der Waals surface area (Å²) in [7, 11) is 0. The van der Waals surface area contributed by atoms with Crippen LogP contribution in [0.5, 0.6) is 0 Å². The van der Waals surface area contributed by atoms with Gasteiger partial charge in [-0.15, -0.1) is 23.1 Å².